The molecule has 0 aliphatic rings. The Bertz CT molecular complexity index is 567. The zero-order valence-electron chi connectivity index (χ0n) is 12.3. The van der Waals surface area contributed by atoms with Gasteiger partial charge in [0.05, 0.1) is 6.10 Å². The third kappa shape index (κ3) is 4.84. The van der Waals surface area contributed by atoms with E-state index in [1.807, 2.05) is 61.5 Å². The van der Waals surface area contributed by atoms with Crippen LogP contribution in [-0.2, 0) is 0 Å². The Kier molecular flexibility index (Phi) is 5.21. The van der Waals surface area contributed by atoms with Crippen molar-refractivity contribution < 1.29 is 9.53 Å². The highest BCUT2D eigenvalue weighted by atomic mass is 16.5. The van der Waals surface area contributed by atoms with Crippen LogP contribution >= 0.6 is 0 Å². The van der Waals surface area contributed by atoms with Gasteiger partial charge in [0.25, 0.3) is 0 Å². The predicted molar refractivity (Wildman–Crippen MR) is 85.9 cm³/mol. The van der Waals surface area contributed by atoms with Crippen LogP contribution in [0.3, 0.4) is 0 Å². The van der Waals surface area contributed by atoms with Crippen LogP contribution in [0.25, 0.3) is 0 Å². The average Bonchev–Trinajstić information content (AvgIpc) is 2.50. The summed E-state index contributed by atoms with van der Waals surface area (Å²) in [5.41, 5.74) is 1.48. The van der Waals surface area contributed by atoms with Gasteiger partial charge in [0.2, 0.25) is 0 Å². The number of hydrogen-bond acceptors (Lipinski definition) is 2. The molecule has 2 amide bonds. The van der Waals surface area contributed by atoms with Gasteiger partial charge in [0, 0.05) is 11.4 Å². The number of nitrogens with one attached hydrogen (secondary N) is 2. The van der Waals surface area contributed by atoms with Crippen molar-refractivity contribution >= 4 is 17.4 Å². The van der Waals surface area contributed by atoms with E-state index < -0.39 is 0 Å². The van der Waals surface area contributed by atoms with Crippen molar-refractivity contribution in [1.29, 1.82) is 0 Å². The maximum absolute atomic E-state index is 11.8. The summed E-state index contributed by atoms with van der Waals surface area (Å²) in [5, 5.41) is 5.54. The van der Waals surface area contributed by atoms with Crippen molar-refractivity contribution in [3.63, 3.8) is 0 Å². The van der Waals surface area contributed by atoms with Crippen molar-refractivity contribution in [2.24, 2.45) is 0 Å². The summed E-state index contributed by atoms with van der Waals surface area (Å²) in [6.45, 7) is 4.11. The van der Waals surface area contributed by atoms with E-state index in [9.17, 15) is 4.79 Å². The molecule has 0 spiro atoms. The predicted octanol–water partition coefficient (Wildman–Crippen LogP) is 4.51. The van der Waals surface area contributed by atoms with Crippen LogP contribution in [0.15, 0.2) is 54.6 Å². The highest BCUT2D eigenvalue weighted by Crippen LogP contribution is 2.18. The zero-order chi connectivity index (χ0) is 15.1. The monoisotopic (exact) mass is 284 g/mol. The van der Waals surface area contributed by atoms with Crippen LogP contribution in [-0.4, -0.2) is 12.1 Å². The fourth-order valence-electron chi connectivity index (χ4n) is 1.75. The van der Waals surface area contributed by atoms with Gasteiger partial charge in [-0.25, -0.2) is 4.79 Å². The molecule has 2 N–H and O–H groups in total. The third-order valence-corrected chi connectivity index (χ3v) is 3.06. The molecule has 110 valence electrons. The maximum atomic E-state index is 11.8. The van der Waals surface area contributed by atoms with E-state index in [-0.39, 0.29) is 12.1 Å². The second kappa shape index (κ2) is 7.33. The molecule has 4 nitrogen and oxygen atoms in total. The van der Waals surface area contributed by atoms with E-state index >= 15 is 0 Å². The van der Waals surface area contributed by atoms with Crippen LogP contribution in [0.4, 0.5) is 16.2 Å². The molecular weight excluding hydrogens is 264 g/mol. The first-order chi connectivity index (χ1) is 10.2. The van der Waals surface area contributed by atoms with Crippen molar-refractivity contribution in [2.75, 3.05) is 10.6 Å². The van der Waals surface area contributed by atoms with E-state index in [0.29, 0.717) is 0 Å². The number of carbonyl (C=O) groups is 1. The SMILES string of the molecule is CC[C@@H](C)Oc1ccc(NC(=O)Nc2ccccc2)cc1. The van der Waals surface area contributed by atoms with E-state index in [0.717, 1.165) is 23.5 Å². The van der Waals surface area contributed by atoms with Crippen LogP contribution in [0.5, 0.6) is 5.75 Å². The molecule has 0 saturated carbocycles. The van der Waals surface area contributed by atoms with Gasteiger partial charge >= 0.3 is 6.03 Å². The van der Waals surface area contributed by atoms with E-state index in [1.165, 1.54) is 0 Å². The minimum Gasteiger partial charge on any atom is -0.491 e. The molecule has 2 rings (SSSR count). The highest BCUT2D eigenvalue weighted by molar-refractivity contribution is 5.99. The number of benzene rings is 2. The van der Waals surface area contributed by atoms with Gasteiger partial charge in [-0.3, -0.25) is 0 Å². The van der Waals surface area contributed by atoms with Gasteiger partial charge in [-0.15, -0.1) is 0 Å². The quantitative estimate of drug-likeness (QED) is 0.848. The summed E-state index contributed by atoms with van der Waals surface area (Å²) in [7, 11) is 0. The molecule has 0 saturated heterocycles. The highest BCUT2D eigenvalue weighted by Gasteiger charge is 2.04. The minimum atomic E-state index is -0.267. The van der Waals surface area contributed by atoms with Crippen molar-refractivity contribution in [2.45, 2.75) is 26.4 Å². The Morgan fingerprint density at radius 2 is 1.57 bits per heavy atom. The van der Waals surface area contributed by atoms with E-state index in [4.69, 9.17) is 4.74 Å². The number of hydrogen-bond donors (Lipinski definition) is 2. The first-order valence-electron chi connectivity index (χ1n) is 7.07. The first-order valence-corrected chi connectivity index (χ1v) is 7.07. The minimum absolute atomic E-state index is 0.185. The summed E-state index contributed by atoms with van der Waals surface area (Å²) in [6.07, 6.45) is 1.14. The summed E-state index contributed by atoms with van der Waals surface area (Å²) >= 11 is 0. The molecule has 0 heterocycles. The van der Waals surface area contributed by atoms with Crippen LogP contribution in [0.1, 0.15) is 20.3 Å². The lowest BCUT2D eigenvalue weighted by Crippen LogP contribution is -2.19. The zero-order valence-corrected chi connectivity index (χ0v) is 12.3. The number of rotatable bonds is 5. The van der Waals surface area contributed by atoms with Crippen LogP contribution < -0.4 is 15.4 Å². The van der Waals surface area contributed by atoms with E-state index in [2.05, 4.69) is 17.6 Å². The standard InChI is InChI=1S/C17H20N2O2/c1-3-13(2)21-16-11-9-15(10-12-16)19-17(20)18-14-7-5-4-6-8-14/h4-13H,3H2,1-2H3,(H2,18,19,20)/t13-/m1/s1. The largest absolute Gasteiger partial charge is 0.491 e. The van der Waals surface area contributed by atoms with Crippen molar-refractivity contribution in [3.8, 4) is 5.75 Å². The average molecular weight is 284 g/mol. The van der Waals surface area contributed by atoms with Gasteiger partial charge in [0.15, 0.2) is 0 Å². The fraction of sp³-hybridized carbons (Fsp3) is 0.235. The molecule has 1 atom stereocenters. The molecule has 0 aliphatic heterocycles. The lowest BCUT2D eigenvalue weighted by Gasteiger charge is -2.13. The van der Waals surface area contributed by atoms with Gasteiger partial charge in [0.1, 0.15) is 5.75 Å². The molecule has 0 aromatic heterocycles. The molecule has 21 heavy (non-hydrogen) atoms. The topological polar surface area (TPSA) is 50.4 Å². The smallest absolute Gasteiger partial charge is 0.323 e. The Labute approximate surface area is 125 Å². The molecule has 0 unspecified atom stereocenters. The molecule has 2 aromatic carbocycles. The van der Waals surface area contributed by atoms with E-state index in [1.54, 1.807) is 0 Å². The third-order valence-electron chi connectivity index (χ3n) is 3.06. The van der Waals surface area contributed by atoms with Crippen LogP contribution in [0, 0.1) is 0 Å². The number of para-hydroxylation sites is 1. The number of urea groups is 1. The molecule has 0 aliphatic carbocycles. The Hall–Kier alpha value is -2.49. The second-order valence-corrected chi connectivity index (χ2v) is 4.81. The molecular formula is C17H20N2O2. The summed E-state index contributed by atoms with van der Waals surface area (Å²) in [4.78, 5) is 11.8. The summed E-state index contributed by atoms with van der Waals surface area (Å²) < 4.78 is 5.69. The van der Waals surface area contributed by atoms with Crippen molar-refractivity contribution in [3.05, 3.63) is 54.6 Å². The molecule has 0 radical (unpaired) electrons. The van der Waals surface area contributed by atoms with Gasteiger partial charge in [-0.05, 0) is 49.7 Å². The molecule has 4 heteroatoms. The molecule has 2 aromatic rings. The normalized spacial score (nSPS) is 11.5. The van der Waals surface area contributed by atoms with Gasteiger partial charge in [-0.2, -0.15) is 0 Å². The number of anilines is 2. The summed E-state index contributed by atoms with van der Waals surface area (Å²) in [6, 6.07) is 16.4. The maximum Gasteiger partial charge on any atom is 0.323 e. The number of carbonyl (C=O) groups excluding carboxylic acids is 1. The Morgan fingerprint density at radius 3 is 2.14 bits per heavy atom. The van der Waals surface area contributed by atoms with Crippen molar-refractivity contribution in [1.82, 2.24) is 0 Å². The molecule has 0 bridgehead atoms. The number of amides is 2. The lowest BCUT2D eigenvalue weighted by atomic mass is 10.3. The molecule has 0 fully saturated rings. The van der Waals surface area contributed by atoms with Crippen LogP contribution in [0.2, 0.25) is 0 Å². The van der Waals surface area contributed by atoms with Gasteiger partial charge in [-0.1, -0.05) is 25.1 Å². The Morgan fingerprint density at radius 1 is 1.00 bits per heavy atom. The fourth-order valence-corrected chi connectivity index (χ4v) is 1.75. The van der Waals surface area contributed by atoms with Gasteiger partial charge < -0.3 is 15.4 Å². The number of ether oxygens (including phenoxy) is 1. The first kappa shape index (κ1) is 14.9. The Balaban J connectivity index is 1.89. The lowest BCUT2D eigenvalue weighted by molar-refractivity contribution is 0.217. The summed E-state index contributed by atoms with van der Waals surface area (Å²) in [5.74, 6) is 0.804. The second-order valence-electron chi connectivity index (χ2n) is 4.81.